The molecule has 148 valence electrons. The van der Waals surface area contributed by atoms with E-state index in [1.165, 1.54) is 0 Å². The molecule has 1 aromatic rings. The van der Waals surface area contributed by atoms with Gasteiger partial charge in [-0.3, -0.25) is 4.90 Å². The second-order valence-electron chi connectivity index (χ2n) is 6.94. The van der Waals surface area contributed by atoms with Crippen molar-refractivity contribution in [3.63, 3.8) is 0 Å². The van der Waals surface area contributed by atoms with E-state index in [0.29, 0.717) is 57.2 Å². The smallest absolute Gasteiger partial charge is 0.282 e. The van der Waals surface area contributed by atoms with Gasteiger partial charge in [0.15, 0.2) is 0 Å². The molecule has 2 saturated heterocycles. The van der Waals surface area contributed by atoms with E-state index < -0.39 is 10.2 Å². The fourth-order valence-electron chi connectivity index (χ4n) is 3.31. The monoisotopic (exact) mass is 393 g/mol. The molecular weight excluding hydrogens is 366 g/mol. The van der Waals surface area contributed by atoms with Crippen molar-refractivity contribution in [3.05, 3.63) is 29.8 Å². The minimum atomic E-state index is -3.35. The number of ether oxygens (including phenoxy) is 1. The van der Waals surface area contributed by atoms with Gasteiger partial charge in [-0.05, 0) is 25.2 Å². The number of likely N-dealkylation sites (N-methyl/N-ethyl adjacent to an activating group) is 1. The van der Waals surface area contributed by atoms with E-state index in [1.807, 2.05) is 13.1 Å². The molecule has 0 bridgehead atoms. The lowest BCUT2D eigenvalue weighted by Gasteiger charge is -2.39. The van der Waals surface area contributed by atoms with Crippen molar-refractivity contribution in [1.29, 1.82) is 5.26 Å². The van der Waals surface area contributed by atoms with Gasteiger partial charge in [0.25, 0.3) is 10.2 Å². The van der Waals surface area contributed by atoms with Crippen LogP contribution in [0.4, 0.5) is 0 Å². The van der Waals surface area contributed by atoms with Gasteiger partial charge in [0.05, 0.1) is 11.6 Å². The molecule has 0 aliphatic carbocycles. The highest BCUT2D eigenvalue weighted by atomic mass is 32.2. The Bertz CT molecular complexity index is 763. The third-order valence-electron chi connectivity index (χ3n) is 5.09. The van der Waals surface area contributed by atoms with Crippen LogP contribution in [0, 0.1) is 11.3 Å². The predicted octanol–water partition coefficient (Wildman–Crippen LogP) is 0.0469. The molecule has 8 nitrogen and oxygen atoms in total. The Morgan fingerprint density at radius 2 is 1.67 bits per heavy atom. The maximum absolute atomic E-state index is 12.8. The first-order valence-corrected chi connectivity index (χ1v) is 10.7. The summed E-state index contributed by atoms with van der Waals surface area (Å²) in [6.45, 7) is 6.37. The first-order valence-electron chi connectivity index (χ1n) is 9.28. The number of nitrogens with zero attached hydrogens (tertiary/aromatic N) is 5. The van der Waals surface area contributed by atoms with Gasteiger partial charge in [0.1, 0.15) is 12.4 Å². The van der Waals surface area contributed by atoms with Gasteiger partial charge in [-0.25, -0.2) is 0 Å². The van der Waals surface area contributed by atoms with Crippen LogP contribution in [0.5, 0.6) is 5.75 Å². The molecule has 0 atom stereocenters. The number of benzene rings is 1. The lowest BCUT2D eigenvalue weighted by molar-refractivity contribution is 0.149. The number of nitriles is 1. The Balaban J connectivity index is 1.42. The normalized spacial score (nSPS) is 21.0. The average molecular weight is 394 g/mol. The van der Waals surface area contributed by atoms with Crippen LogP contribution in [-0.2, 0) is 10.2 Å². The highest BCUT2D eigenvalue weighted by molar-refractivity contribution is 7.86. The summed E-state index contributed by atoms with van der Waals surface area (Å²) < 4.78 is 34.5. The first-order chi connectivity index (χ1) is 13.0. The highest BCUT2D eigenvalue weighted by Gasteiger charge is 2.33. The molecule has 9 heteroatoms. The van der Waals surface area contributed by atoms with Crippen LogP contribution in [0.2, 0.25) is 0 Å². The fourth-order valence-corrected chi connectivity index (χ4v) is 4.89. The van der Waals surface area contributed by atoms with Crippen molar-refractivity contribution in [2.75, 3.05) is 72.6 Å². The van der Waals surface area contributed by atoms with Crippen molar-refractivity contribution >= 4 is 10.2 Å². The van der Waals surface area contributed by atoms with Gasteiger partial charge in [-0.1, -0.05) is 6.07 Å². The summed E-state index contributed by atoms with van der Waals surface area (Å²) in [7, 11) is -1.34. The van der Waals surface area contributed by atoms with Crippen LogP contribution in [0.1, 0.15) is 5.56 Å². The van der Waals surface area contributed by atoms with E-state index in [9.17, 15) is 8.42 Å². The zero-order valence-corrected chi connectivity index (χ0v) is 16.6. The Morgan fingerprint density at radius 3 is 2.30 bits per heavy atom. The van der Waals surface area contributed by atoms with Crippen molar-refractivity contribution in [1.82, 2.24) is 18.4 Å². The average Bonchev–Trinajstić information content (AvgIpc) is 2.69. The third kappa shape index (κ3) is 5.18. The van der Waals surface area contributed by atoms with E-state index in [0.717, 1.165) is 19.6 Å². The molecule has 0 N–H and O–H groups in total. The zero-order valence-electron chi connectivity index (χ0n) is 15.7. The van der Waals surface area contributed by atoms with Crippen molar-refractivity contribution in [2.45, 2.75) is 0 Å². The van der Waals surface area contributed by atoms with Crippen LogP contribution >= 0.6 is 0 Å². The number of hydrogen-bond donors (Lipinski definition) is 0. The van der Waals surface area contributed by atoms with Gasteiger partial charge in [0.2, 0.25) is 0 Å². The molecule has 2 aliphatic rings. The number of piperazine rings is 2. The fraction of sp³-hybridized carbons (Fsp3) is 0.611. The SMILES string of the molecule is CN1CCN(S(=O)(=O)N2CCN(CCOc3cccc(C#N)c3)CC2)CC1. The molecule has 0 amide bonds. The van der Waals surface area contributed by atoms with Gasteiger partial charge in [0, 0.05) is 58.9 Å². The van der Waals surface area contributed by atoms with Crippen LogP contribution in [0.25, 0.3) is 0 Å². The van der Waals surface area contributed by atoms with Crippen LogP contribution in [0.3, 0.4) is 0 Å². The van der Waals surface area contributed by atoms with Gasteiger partial charge >= 0.3 is 0 Å². The van der Waals surface area contributed by atoms with E-state index in [2.05, 4.69) is 15.9 Å². The maximum Gasteiger partial charge on any atom is 0.282 e. The highest BCUT2D eigenvalue weighted by Crippen LogP contribution is 2.15. The van der Waals surface area contributed by atoms with Crippen LogP contribution < -0.4 is 4.74 Å². The first kappa shape index (κ1) is 20.0. The topological polar surface area (TPSA) is 80.1 Å². The predicted molar refractivity (Wildman–Crippen MR) is 103 cm³/mol. The number of rotatable bonds is 6. The molecule has 1 aromatic carbocycles. The standard InChI is InChI=1S/C18H27N5O3S/c1-20-5-9-22(10-6-20)27(24,25)23-11-7-21(8-12-23)13-14-26-18-4-2-3-17(15-18)16-19/h2-4,15H,5-14H2,1H3. The molecule has 0 radical (unpaired) electrons. The minimum absolute atomic E-state index is 0.512. The Labute approximate surface area is 161 Å². The molecule has 0 unspecified atom stereocenters. The summed E-state index contributed by atoms with van der Waals surface area (Å²) in [6.07, 6.45) is 0. The molecule has 0 aromatic heterocycles. The van der Waals surface area contributed by atoms with Crippen molar-refractivity contribution < 1.29 is 13.2 Å². The second-order valence-corrected chi connectivity index (χ2v) is 8.87. The zero-order chi connectivity index (χ0) is 19.3. The van der Waals surface area contributed by atoms with Crippen molar-refractivity contribution in [3.8, 4) is 11.8 Å². The molecular formula is C18H27N5O3S. The summed E-state index contributed by atoms with van der Waals surface area (Å²) >= 11 is 0. The lowest BCUT2D eigenvalue weighted by atomic mass is 10.2. The quantitative estimate of drug-likeness (QED) is 0.679. The molecule has 2 aliphatic heterocycles. The Hall–Kier alpha value is -1.70. The third-order valence-corrected chi connectivity index (χ3v) is 7.12. The summed E-state index contributed by atoms with van der Waals surface area (Å²) in [5.74, 6) is 0.685. The molecule has 2 heterocycles. The van der Waals surface area contributed by atoms with Crippen LogP contribution in [-0.4, -0.2) is 99.4 Å². The van der Waals surface area contributed by atoms with Gasteiger partial charge in [-0.2, -0.15) is 22.3 Å². The number of hydrogen-bond acceptors (Lipinski definition) is 6. The summed E-state index contributed by atoms with van der Waals surface area (Å²) in [5.41, 5.74) is 0.579. The van der Waals surface area contributed by atoms with E-state index >= 15 is 0 Å². The largest absolute Gasteiger partial charge is 0.492 e. The Morgan fingerprint density at radius 1 is 1.04 bits per heavy atom. The summed E-state index contributed by atoms with van der Waals surface area (Å²) in [4.78, 5) is 4.36. The molecule has 27 heavy (non-hydrogen) atoms. The van der Waals surface area contributed by atoms with E-state index in [4.69, 9.17) is 10.00 Å². The molecule has 2 fully saturated rings. The van der Waals surface area contributed by atoms with Gasteiger partial charge in [-0.15, -0.1) is 0 Å². The maximum atomic E-state index is 12.8. The molecule has 0 saturated carbocycles. The van der Waals surface area contributed by atoms with Crippen LogP contribution in [0.15, 0.2) is 24.3 Å². The van der Waals surface area contributed by atoms with Gasteiger partial charge < -0.3 is 9.64 Å². The summed E-state index contributed by atoms with van der Waals surface area (Å²) in [5, 5.41) is 8.92. The Kier molecular flexibility index (Phi) is 6.68. The second kappa shape index (κ2) is 8.99. The van der Waals surface area contributed by atoms with Crippen molar-refractivity contribution in [2.24, 2.45) is 0 Å². The van der Waals surface area contributed by atoms with E-state index in [-0.39, 0.29) is 0 Å². The molecule has 0 spiro atoms. The molecule has 3 rings (SSSR count). The minimum Gasteiger partial charge on any atom is -0.492 e. The lowest BCUT2D eigenvalue weighted by Crippen LogP contribution is -2.56. The summed E-state index contributed by atoms with van der Waals surface area (Å²) in [6, 6.07) is 9.20. The van der Waals surface area contributed by atoms with E-state index in [1.54, 1.807) is 26.8 Å².